The Kier molecular flexibility index (Phi) is 5.25. The highest BCUT2D eigenvalue weighted by Gasteiger charge is 2.31. The van der Waals surface area contributed by atoms with Crippen LogP contribution >= 0.6 is 0 Å². The van der Waals surface area contributed by atoms with E-state index in [4.69, 9.17) is 4.52 Å². The maximum Gasteiger partial charge on any atom is 0.240 e. The van der Waals surface area contributed by atoms with Crippen molar-refractivity contribution in [2.45, 2.75) is 52.1 Å². The van der Waals surface area contributed by atoms with Crippen molar-refractivity contribution in [2.24, 2.45) is 5.92 Å². The Morgan fingerprint density at radius 3 is 2.85 bits per heavy atom. The van der Waals surface area contributed by atoms with Gasteiger partial charge in [-0.05, 0) is 36.9 Å². The number of likely N-dealkylation sites (tertiary alicyclic amines) is 1. The molecule has 2 aliphatic rings. The van der Waals surface area contributed by atoms with Crippen molar-refractivity contribution in [2.75, 3.05) is 19.6 Å². The monoisotopic (exact) mass is 368 g/mol. The van der Waals surface area contributed by atoms with Crippen LogP contribution in [-0.2, 0) is 24.3 Å². The van der Waals surface area contributed by atoms with Gasteiger partial charge in [0.25, 0.3) is 0 Å². The lowest BCUT2D eigenvalue weighted by atomic mass is 9.94. The number of carbonyl (C=O) groups is 1. The van der Waals surface area contributed by atoms with E-state index in [9.17, 15) is 4.79 Å². The van der Waals surface area contributed by atoms with Crippen LogP contribution in [0.2, 0.25) is 0 Å². The first-order valence-corrected chi connectivity index (χ1v) is 10.0. The number of aromatic nitrogens is 2. The minimum atomic E-state index is 0.0662. The molecule has 1 fully saturated rings. The molecule has 1 aromatic carbocycles. The normalized spacial score (nSPS) is 20.7. The molecule has 144 valence electrons. The van der Waals surface area contributed by atoms with Gasteiger partial charge in [0.05, 0.1) is 12.5 Å². The van der Waals surface area contributed by atoms with Crippen LogP contribution in [-0.4, -0.2) is 45.5 Å². The van der Waals surface area contributed by atoms with Crippen LogP contribution in [0.25, 0.3) is 0 Å². The van der Waals surface area contributed by atoms with E-state index in [1.807, 2.05) is 4.90 Å². The average molecular weight is 368 g/mol. The van der Waals surface area contributed by atoms with E-state index >= 15 is 0 Å². The maximum absolute atomic E-state index is 13.1. The summed E-state index contributed by atoms with van der Waals surface area (Å²) < 4.78 is 5.38. The second-order valence-corrected chi connectivity index (χ2v) is 8.05. The summed E-state index contributed by atoms with van der Waals surface area (Å²) in [6.45, 7) is 8.07. The van der Waals surface area contributed by atoms with E-state index in [0.29, 0.717) is 18.3 Å². The summed E-state index contributed by atoms with van der Waals surface area (Å²) in [7, 11) is 0. The van der Waals surface area contributed by atoms with Crippen LogP contribution in [0.3, 0.4) is 0 Å². The van der Waals surface area contributed by atoms with Gasteiger partial charge in [0.15, 0.2) is 5.82 Å². The molecule has 2 aliphatic heterocycles. The van der Waals surface area contributed by atoms with Gasteiger partial charge in [0.2, 0.25) is 11.8 Å². The first-order valence-electron chi connectivity index (χ1n) is 10.0. The summed E-state index contributed by atoms with van der Waals surface area (Å²) in [6.07, 6.45) is 2.96. The third kappa shape index (κ3) is 4.05. The van der Waals surface area contributed by atoms with Crippen molar-refractivity contribution in [1.82, 2.24) is 19.9 Å². The molecule has 4 rings (SSSR count). The molecule has 2 aromatic rings. The Hall–Kier alpha value is -2.21. The van der Waals surface area contributed by atoms with Crippen LogP contribution in [0.1, 0.15) is 55.4 Å². The van der Waals surface area contributed by atoms with Crippen molar-refractivity contribution in [3.05, 3.63) is 47.1 Å². The van der Waals surface area contributed by atoms with Gasteiger partial charge in [-0.25, -0.2) is 0 Å². The molecule has 1 unspecified atom stereocenters. The quantitative estimate of drug-likeness (QED) is 0.830. The maximum atomic E-state index is 13.1. The van der Waals surface area contributed by atoms with Crippen LogP contribution in [0.15, 0.2) is 28.8 Å². The van der Waals surface area contributed by atoms with Crippen LogP contribution in [0, 0.1) is 5.92 Å². The number of hydrogen-bond donors (Lipinski definition) is 0. The Morgan fingerprint density at radius 1 is 1.26 bits per heavy atom. The number of fused-ring (bicyclic) bond motifs is 1. The third-order valence-electron chi connectivity index (χ3n) is 5.66. The fraction of sp³-hybridized carbons (Fsp3) is 0.571. The van der Waals surface area contributed by atoms with Gasteiger partial charge < -0.3 is 9.42 Å². The first-order chi connectivity index (χ1) is 13.1. The number of piperidine rings is 1. The number of hydrogen-bond acceptors (Lipinski definition) is 5. The number of carbonyl (C=O) groups excluding carboxylic acids is 1. The standard InChI is InChI=1S/C21H28N4O2/c1-15(2)20-22-19(27-23-20)14-24-10-5-8-18(12-24)21(26)25-11-9-16-6-3-4-7-17(16)13-25/h3-4,6-7,15,18H,5,8-14H2,1-2H3. The highest BCUT2D eigenvalue weighted by molar-refractivity contribution is 5.79. The summed E-state index contributed by atoms with van der Waals surface area (Å²) >= 11 is 0. The van der Waals surface area contributed by atoms with Crippen LogP contribution in [0.5, 0.6) is 0 Å². The number of nitrogens with zero attached hydrogens (tertiary/aromatic N) is 4. The summed E-state index contributed by atoms with van der Waals surface area (Å²) in [6, 6.07) is 8.46. The zero-order valence-corrected chi connectivity index (χ0v) is 16.2. The van der Waals surface area contributed by atoms with Gasteiger partial charge in [0, 0.05) is 25.6 Å². The molecule has 0 N–H and O–H groups in total. The minimum absolute atomic E-state index is 0.0662. The van der Waals surface area contributed by atoms with Gasteiger partial charge >= 0.3 is 0 Å². The highest BCUT2D eigenvalue weighted by Crippen LogP contribution is 2.25. The molecule has 6 nitrogen and oxygen atoms in total. The number of rotatable bonds is 4. The topological polar surface area (TPSA) is 62.5 Å². The molecule has 0 saturated carbocycles. The molecular weight excluding hydrogens is 340 g/mol. The van der Waals surface area contributed by atoms with E-state index in [1.165, 1.54) is 11.1 Å². The lowest BCUT2D eigenvalue weighted by Gasteiger charge is -2.36. The van der Waals surface area contributed by atoms with Crippen molar-refractivity contribution in [3.8, 4) is 0 Å². The minimum Gasteiger partial charge on any atom is -0.338 e. The highest BCUT2D eigenvalue weighted by atomic mass is 16.5. The molecule has 27 heavy (non-hydrogen) atoms. The first kappa shape index (κ1) is 18.2. The Labute approximate surface area is 160 Å². The van der Waals surface area contributed by atoms with Gasteiger partial charge in [0.1, 0.15) is 0 Å². The molecule has 1 amide bonds. The van der Waals surface area contributed by atoms with Gasteiger partial charge in [-0.2, -0.15) is 4.98 Å². The molecule has 0 spiro atoms. The van der Waals surface area contributed by atoms with E-state index in [-0.39, 0.29) is 11.8 Å². The third-order valence-corrected chi connectivity index (χ3v) is 5.66. The Balaban J connectivity index is 1.37. The second kappa shape index (κ2) is 7.80. The largest absolute Gasteiger partial charge is 0.338 e. The fourth-order valence-electron chi connectivity index (χ4n) is 4.10. The van der Waals surface area contributed by atoms with E-state index < -0.39 is 0 Å². The van der Waals surface area contributed by atoms with Crippen LogP contribution < -0.4 is 0 Å². The fourth-order valence-corrected chi connectivity index (χ4v) is 4.10. The van der Waals surface area contributed by atoms with Gasteiger partial charge in [-0.1, -0.05) is 43.3 Å². The molecular formula is C21H28N4O2. The zero-order valence-electron chi connectivity index (χ0n) is 16.2. The predicted molar refractivity (Wildman–Crippen MR) is 102 cm³/mol. The summed E-state index contributed by atoms with van der Waals surface area (Å²) in [5.74, 6) is 2.03. The van der Waals surface area contributed by atoms with Gasteiger partial charge in [-0.3, -0.25) is 9.69 Å². The molecule has 1 atom stereocenters. The molecule has 6 heteroatoms. The van der Waals surface area contributed by atoms with Crippen LogP contribution in [0.4, 0.5) is 0 Å². The van der Waals surface area contributed by atoms with Crippen molar-refractivity contribution in [1.29, 1.82) is 0 Å². The molecule has 0 bridgehead atoms. The zero-order chi connectivity index (χ0) is 18.8. The lowest BCUT2D eigenvalue weighted by molar-refractivity contribution is -0.138. The number of amides is 1. The summed E-state index contributed by atoms with van der Waals surface area (Å²) in [5, 5.41) is 4.04. The van der Waals surface area contributed by atoms with E-state index in [0.717, 1.165) is 51.3 Å². The summed E-state index contributed by atoms with van der Waals surface area (Å²) in [5.41, 5.74) is 2.67. The molecule has 0 radical (unpaired) electrons. The average Bonchev–Trinajstić information content (AvgIpc) is 3.16. The molecule has 3 heterocycles. The van der Waals surface area contributed by atoms with Gasteiger partial charge in [-0.15, -0.1) is 0 Å². The SMILES string of the molecule is CC(C)c1noc(CN2CCCC(C(=O)N3CCc4ccccc4C3)C2)n1. The molecule has 1 saturated heterocycles. The van der Waals surface area contributed by atoms with E-state index in [2.05, 4.69) is 53.2 Å². The second-order valence-electron chi connectivity index (χ2n) is 8.05. The van der Waals surface area contributed by atoms with Crippen molar-refractivity contribution in [3.63, 3.8) is 0 Å². The van der Waals surface area contributed by atoms with E-state index in [1.54, 1.807) is 0 Å². The molecule has 1 aromatic heterocycles. The van der Waals surface area contributed by atoms with Crippen molar-refractivity contribution >= 4 is 5.91 Å². The lowest BCUT2D eigenvalue weighted by Crippen LogP contribution is -2.46. The Morgan fingerprint density at radius 2 is 2.07 bits per heavy atom. The molecule has 0 aliphatic carbocycles. The predicted octanol–water partition coefficient (Wildman–Crippen LogP) is 2.99. The van der Waals surface area contributed by atoms with Crippen molar-refractivity contribution < 1.29 is 9.32 Å². The smallest absolute Gasteiger partial charge is 0.240 e. The Bertz CT molecular complexity index is 801. The summed E-state index contributed by atoms with van der Waals surface area (Å²) in [4.78, 5) is 21.9. The number of benzene rings is 1.